The Bertz CT molecular complexity index is 598. The third-order valence-electron chi connectivity index (χ3n) is 3.39. The first-order valence-corrected chi connectivity index (χ1v) is 7.25. The van der Waals surface area contributed by atoms with Crippen LogP contribution in [0.3, 0.4) is 0 Å². The Kier molecular flexibility index (Phi) is 4.38. The molecule has 0 saturated carbocycles. The van der Waals surface area contributed by atoms with Crippen LogP contribution in [0.1, 0.15) is 36.2 Å². The van der Waals surface area contributed by atoms with Gasteiger partial charge in [-0.15, -0.1) is 0 Å². The maximum absolute atomic E-state index is 4.72. The van der Waals surface area contributed by atoms with E-state index in [0.717, 1.165) is 35.9 Å². The molecule has 106 valence electrons. The highest BCUT2D eigenvalue weighted by molar-refractivity contribution is 5.61. The lowest BCUT2D eigenvalue weighted by Gasteiger charge is -2.13. The van der Waals surface area contributed by atoms with Crippen molar-refractivity contribution in [2.75, 3.05) is 11.9 Å². The molecule has 1 aromatic carbocycles. The molecule has 0 unspecified atom stereocenters. The van der Waals surface area contributed by atoms with Gasteiger partial charge in [0.1, 0.15) is 5.82 Å². The fraction of sp³-hybridized carbons (Fsp3) is 0.412. The van der Waals surface area contributed by atoms with Gasteiger partial charge < -0.3 is 5.32 Å². The zero-order chi connectivity index (χ0) is 14.7. The first kappa shape index (κ1) is 14.5. The number of benzene rings is 1. The minimum Gasteiger partial charge on any atom is -0.370 e. The van der Waals surface area contributed by atoms with E-state index in [1.165, 1.54) is 16.7 Å². The fourth-order valence-corrected chi connectivity index (χ4v) is 2.57. The molecular weight excluding hydrogens is 246 g/mol. The molecule has 1 N–H and O–H groups in total. The standard InChI is InChI=1S/C17H23N3/c1-6-15-13(5)19-16(20-17(15)18-7-2)14-9-11(3)8-12(4)10-14/h8-10H,6-7H2,1-5H3,(H,18,19,20). The molecular formula is C17H23N3. The molecule has 1 heterocycles. The zero-order valence-electron chi connectivity index (χ0n) is 13.0. The molecule has 2 rings (SSSR count). The quantitative estimate of drug-likeness (QED) is 0.909. The minimum atomic E-state index is 0.808. The van der Waals surface area contributed by atoms with Crippen molar-refractivity contribution < 1.29 is 0 Å². The number of aromatic nitrogens is 2. The number of nitrogens with one attached hydrogen (secondary N) is 1. The van der Waals surface area contributed by atoms with Crippen molar-refractivity contribution in [3.63, 3.8) is 0 Å². The minimum absolute atomic E-state index is 0.808. The molecule has 1 aromatic heterocycles. The van der Waals surface area contributed by atoms with Gasteiger partial charge in [-0.2, -0.15) is 0 Å². The van der Waals surface area contributed by atoms with Crippen LogP contribution in [-0.4, -0.2) is 16.5 Å². The number of nitrogens with zero attached hydrogens (tertiary/aromatic N) is 2. The zero-order valence-corrected chi connectivity index (χ0v) is 13.0. The number of hydrogen-bond acceptors (Lipinski definition) is 3. The Hall–Kier alpha value is -1.90. The van der Waals surface area contributed by atoms with Crippen LogP contribution >= 0.6 is 0 Å². The summed E-state index contributed by atoms with van der Waals surface area (Å²) in [5.74, 6) is 1.78. The second kappa shape index (κ2) is 6.04. The largest absolute Gasteiger partial charge is 0.370 e. The average molecular weight is 269 g/mol. The van der Waals surface area contributed by atoms with E-state index in [9.17, 15) is 0 Å². The second-order valence-electron chi connectivity index (χ2n) is 5.22. The third kappa shape index (κ3) is 2.98. The van der Waals surface area contributed by atoms with Gasteiger partial charge in [0.05, 0.1) is 0 Å². The van der Waals surface area contributed by atoms with Crippen LogP contribution in [-0.2, 0) is 6.42 Å². The van der Waals surface area contributed by atoms with Crippen molar-refractivity contribution in [1.29, 1.82) is 0 Å². The number of anilines is 1. The van der Waals surface area contributed by atoms with E-state index >= 15 is 0 Å². The molecule has 0 atom stereocenters. The van der Waals surface area contributed by atoms with Crippen molar-refractivity contribution in [1.82, 2.24) is 9.97 Å². The summed E-state index contributed by atoms with van der Waals surface area (Å²) in [6.07, 6.45) is 0.946. The average Bonchev–Trinajstić information content (AvgIpc) is 2.37. The van der Waals surface area contributed by atoms with Crippen LogP contribution in [0.15, 0.2) is 18.2 Å². The maximum atomic E-state index is 4.72. The first-order chi connectivity index (χ1) is 9.55. The molecule has 0 aliphatic heterocycles. The lowest BCUT2D eigenvalue weighted by Crippen LogP contribution is -2.08. The van der Waals surface area contributed by atoms with E-state index in [1.54, 1.807) is 0 Å². The molecule has 0 amide bonds. The van der Waals surface area contributed by atoms with Crippen LogP contribution in [0, 0.1) is 20.8 Å². The van der Waals surface area contributed by atoms with Crippen molar-refractivity contribution in [2.45, 2.75) is 41.0 Å². The smallest absolute Gasteiger partial charge is 0.161 e. The monoisotopic (exact) mass is 269 g/mol. The van der Waals surface area contributed by atoms with Gasteiger partial charge in [-0.1, -0.05) is 24.1 Å². The van der Waals surface area contributed by atoms with Crippen LogP contribution in [0.25, 0.3) is 11.4 Å². The summed E-state index contributed by atoms with van der Waals surface area (Å²) < 4.78 is 0. The number of aryl methyl sites for hydroxylation is 3. The maximum Gasteiger partial charge on any atom is 0.161 e. The van der Waals surface area contributed by atoms with Gasteiger partial charge in [0.2, 0.25) is 0 Å². The highest BCUT2D eigenvalue weighted by atomic mass is 15.0. The van der Waals surface area contributed by atoms with Crippen LogP contribution < -0.4 is 5.32 Å². The summed E-state index contributed by atoms with van der Waals surface area (Å²) in [4.78, 5) is 9.41. The van der Waals surface area contributed by atoms with Gasteiger partial charge in [0.15, 0.2) is 5.82 Å². The first-order valence-electron chi connectivity index (χ1n) is 7.25. The number of rotatable bonds is 4. The SMILES string of the molecule is CCNc1nc(-c2cc(C)cc(C)c2)nc(C)c1CC. The summed E-state index contributed by atoms with van der Waals surface area (Å²) in [7, 11) is 0. The van der Waals surface area contributed by atoms with Crippen molar-refractivity contribution in [3.8, 4) is 11.4 Å². The van der Waals surface area contributed by atoms with Gasteiger partial charge in [0.25, 0.3) is 0 Å². The van der Waals surface area contributed by atoms with E-state index in [0.29, 0.717) is 0 Å². The Morgan fingerprint density at radius 3 is 2.15 bits per heavy atom. The lowest BCUT2D eigenvalue weighted by molar-refractivity contribution is 0.989. The summed E-state index contributed by atoms with van der Waals surface area (Å²) in [6.45, 7) is 11.4. The molecule has 0 fully saturated rings. The van der Waals surface area contributed by atoms with Crippen LogP contribution in [0.5, 0.6) is 0 Å². The Morgan fingerprint density at radius 2 is 1.60 bits per heavy atom. The Morgan fingerprint density at radius 1 is 0.950 bits per heavy atom. The molecule has 0 radical (unpaired) electrons. The van der Waals surface area contributed by atoms with E-state index in [4.69, 9.17) is 4.98 Å². The van der Waals surface area contributed by atoms with E-state index in [1.807, 2.05) is 0 Å². The molecule has 3 nitrogen and oxygen atoms in total. The molecule has 20 heavy (non-hydrogen) atoms. The highest BCUT2D eigenvalue weighted by Gasteiger charge is 2.11. The molecule has 0 saturated heterocycles. The molecule has 0 aliphatic rings. The van der Waals surface area contributed by atoms with Crippen LogP contribution in [0.2, 0.25) is 0 Å². The topological polar surface area (TPSA) is 37.8 Å². The van der Waals surface area contributed by atoms with E-state index < -0.39 is 0 Å². The predicted octanol–water partition coefficient (Wildman–Crippen LogP) is 4.06. The Labute approximate surface area is 121 Å². The van der Waals surface area contributed by atoms with E-state index in [2.05, 4.69) is 63.1 Å². The van der Waals surface area contributed by atoms with Gasteiger partial charge in [0, 0.05) is 23.4 Å². The summed E-state index contributed by atoms with van der Waals surface area (Å²) in [6, 6.07) is 6.45. The Balaban J connectivity index is 2.57. The summed E-state index contributed by atoms with van der Waals surface area (Å²) in [5, 5.41) is 3.36. The van der Waals surface area contributed by atoms with E-state index in [-0.39, 0.29) is 0 Å². The fourth-order valence-electron chi connectivity index (χ4n) is 2.57. The summed E-state index contributed by atoms with van der Waals surface area (Å²) >= 11 is 0. The number of hydrogen-bond donors (Lipinski definition) is 1. The van der Waals surface area contributed by atoms with Gasteiger partial charge in [-0.3, -0.25) is 0 Å². The van der Waals surface area contributed by atoms with Crippen LogP contribution in [0.4, 0.5) is 5.82 Å². The van der Waals surface area contributed by atoms with Crippen molar-refractivity contribution in [3.05, 3.63) is 40.6 Å². The second-order valence-corrected chi connectivity index (χ2v) is 5.22. The molecule has 0 aliphatic carbocycles. The van der Waals surface area contributed by atoms with Crippen molar-refractivity contribution >= 4 is 5.82 Å². The lowest BCUT2D eigenvalue weighted by atomic mass is 10.1. The molecule has 2 aromatic rings. The summed E-state index contributed by atoms with van der Waals surface area (Å²) in [5.41, 5.74) is 5.84. The predicted molar refractivity (Wildman–Crippen MR) is 85.2 cm³/mol. The van der Waals surface area contributed by atoms with Gasteiger partial charge in [-0.25, -0.2) is 9.97 Å². The van der Waals surface area contributed by atoms with Gasteiger partial charge in [-0.05, 0) is 46.2 Å². The highest BCUT2D eigenvalue weighted by Crippen LogP contribution is 2.24. The molecule has 0 spiro atoms. The van der Waals surface area contributed by atoms with Gasteiger partial charge >= 0.3 is 0 Å². The third-order valence-corrected chi connectivity index (χ3v) is 3.39. The molecule has 0 bridgehead atoms. The molecule has 3 heteroatoms. The normalized spacial score (nSPS) is 10.7. The van der Waals surface area contributed by atoms with Crippen molar-refractivity contribution in [2.24, 2.45) is 0 Å².